The van der Waals surface area contributed by atoms with Crippen LogP contribution in [0.25, 0.3) is 0 Å². The van der Waals surface area contributed by atoms with Crippen molar-refractivity contribution in [3.63, 3.8) is 0 Å². The fourth-order valence-electron chi connectivity index (χ4n) is 0. The Kier molecular flexibility index (Phi) is 13.4. The van der Waals surface area contributed by atoms with Crippen LogP contribution < -0.4 is 0 Å². The van der Waals surface area contributed by atoms with E-state index in [1.807, 2.05) is 0 Å². The van der Waals surface area contributed by atoms with E-state index in [2.05, 4.69) is 0 Å². The van der Waals surface area contributed by atoms with Crippen molar-refractivity contribution < 1.29 is 18.4 Å². The van der Waals surface area contributed by atoms with Crippen LogP contribution >= 0.6 is 0 Å². The molecule has 4 radical (unpaired) electrons. The molecule has 0 fully saturated rings. The average molecular weight is 112 g/mol. The molecule has 0 rings (SSSR count). The van der Waals surface area contributed by atoms with Crippen molar-refractivity contribution in [2.24, 2.45) is 0 Å². The predicted octanol–water partition coefficient (Wildman–Crippen LogP) is -0.783. The molecule has 0 aromatic heterocycles. The van der Waals surface area contributed by atoms with Crippen molar-refractivity contribution >= 4 is 39.3 Å². The van der Waals surface area contributed by atoms with Gasteiger partial charge in [0.15, 0.2) is 0 Å². The smallest absolute Gasteiger partial charge is 0.249 e. The van der Waals surface area contributed by atoms with Crippen LogP contribution in [0.5, 0.6) is 0 Å². The van der Waals surface area contributed by atoms with E-state index in [4.69, 9.17) is 9.59 Å². The van der Waals surface area contributed by atoms with Gasteiger partial charge in [0.05, 0.1) is 0 Å². The standard InChI is InChI=1S/C2F2O2.B.Li/c3-1(5)2(4)6;;. The van der Waals surface area contributed by atoms with Crippen LogP contribution in [0.2, 0.25) is 0 Å². The third-order valence-corrected chi connectivity index (χ3v) is 0.155. The molecule has 0 aliphatic heterocycles. The first-order valence-corrected chi connectivity index (χ1v) is 1.04. The van der Waals surface area contributed by atoms with E-state index in [0.29, 0.717) is 0 Å². The van der Waals surface area contributed by atoms with Crippen LogP contribution in [0.1, 0.15) is 0 Å². The van der Waals surface area contributed by atoms with Crippen LogP contribution in [0.3, 0.4) is 0 Å². The zero-order valence-corrected chi connectivity index (χ0v) is 4.15. The second-order valence-corrected chi connectivity index (χ2v) is 0.547. The van der Waals surface area contributed by atoms with E-state index in [9.17, 15) is 8.78 Å². The van der Waals surface area contributed by atoms with Gasteiger partial charge in [-0.05, 0) is 0 Å². The average Bonchev–Trinajstić information content (AvgIpc) is 1.36. The van der Waals surface area contributed by atoms with Crippen molar-refractivity contribution in [1.29, 1.82) is 0 Å². The number of rotatable bonds is 1. The van der Waals surface area contributed by atoms with Crippen LogP contribution in [-0.4, -0.2) is 39.3 Å². The Morgan fingerprint density at radius 2 is 1.12 bits per heavy atom. The van der Waals surface area contributed by atoms with E-state index < -0.39 is 12.1 Å². The van der Waals surface area contributed by atoms with Gasteiger partial charge in [0, 0.05) is 27.3 Å². The molecule has 6 heteroatoms. The summed E-state index contributed by atoms with van der Waals surface area (Å²) in [5.74, 6) is 0. The van der Waals surface area contributed by atoms with Gasteiger partial charge < -0.3 is 0 Å². The maximum Gasteiger partial charge on any atom is 0.401 e. The summed E-state index contributed by atoms with van der Waals surface area (Å²) in [5.41, 5.74) is 0. The number of carbonyl (C=O) groups is 2. The molecule has 0 amide bonds. The largest absolute Gasteiger partial charge is 0.401 e. The number of carbonyl (C=O) groups excluding carboxylic acids is 2. The molecule has 0 saturated carbocycles. The van der Waals surface area contributed by atoms with Gasteiger partial charge in [-0.3, -0.25) is 0 Å². The van der Waals surface area contributed by atoms with Crippen molar-refractivity contribution in [3.8, 4) is 0 Å². The van der Waals surface area contributed by atoms with Crippen molar-refractivity contribution in [1.82, 2.24) is 0 Å². The second-order valence-electron chi connectivity index (χ2n) is 0.547. The van der Waals surface area contributed by atoms with E-state index in [-0.39, 0.29) is 27.3 Å². The first-order valence-electron chi connectivity index (χ1n) is 1.04. The van der Waals surface area contributed by atoms with E-state index in [0.717, 1.165) is 0 Å². The molecule has 38 valence electrons. The van der Waals surface area contributed by atoms with Crippen LogP contribution in [-0.2, 0) is 9.59 Å². The maximum absolute atomic E-state index is 10.5. The summed E-state index contributed by atoms with van der Waals surface area (Å²) in [7, 11) is 0. The first kappa shape index (κ1) is 15.7. The summed E-state index contributed by atoms with van der Waals surface area (Å²) < 4.78 is 20.9. The quantitative estimate of drug-likeness (QED) is 0.253. The van der Waals surface area contributed by atoms with Gasteiger partial charge in [0.2, 0.25) is 0 Å². The van der Waals surface area contributed by atoms with Gasteiger partial charge in [-0.2, -0.15) is 8.78 Å². The first-order chi connectivity index (χ1) is 2.64. The molecule has 0 heterocycles. The zero-order chi connectivity index (χ0) is 5.15. The van der Waals surface area contributed by atoms with Gasteiger partial charge in [0.1, 0.15) is 0 Å². The Bertz CT molecular complexity index is 84.0. The molecule has 8 heavy (non-hydrogen) atoms. The summed E-state index contributed by atoms with van der Waals surface area (Å²) in [6, 6.07) is -5.09. The van der Waals surface area contributed by atoms with E-state index in [1.54, 1.807) is 0 Å². The van der Waals surface area contributed by atoms with Crippen molar-refractivity contribution in [2.45, 2.75) is 0 Å². The van der Waals surface area contributed by atoms with Gasteiger partial charge in [0.25, 0.3) is 0 Å². The molecule has 0 spiro atoms. The Morgan fingerprint density at radius 1 is 1.00 bits per heavy atom. The minimum absolute atomic E-state index is 0. The normalized spacial score (nSPS) is 5.75. The summed E-state index contributed by atoms with van der Waals surface area (Å²) >= 11 is 0. The topological polar surface area (TPSA) is 34.1 Å². The minimum atomic E-state index is -2.55. The van der Waals surface area contributed by atoms with Crippen molar-refractivity contribution in [2.75, 3.05) is 0 Å². The van der Waals surface area contributed by atoms with Crippen LogP contribution in [0, 0.1) is 0 Å². The summed E-state index contributed by atoms with van der Waals surface area (Å²) in [4.78, 5) is 17.5. The maximum atomic E-state index is 10.5. The fourth-order valence-corrected chi connectivity index (χ4v) is 0. The third kappa shape index (κ3) is 9.29. The molecular weight excluding hydrogens is 112 g/mol. The molecule has 0 N–H and O–H groups in total. The summed E-state index contributed by atoms with van der Waals surface area (Å²) in [6.07, 6.45) is 0. The number of halogens is 2. The van der Waals surface area contributed by atoms with E-state index >= 15 is 0 Å². The molecule has 0 atom stereocenters. The Labute approximate surface area is 58.4 Å². The molecule has 0 unspecified atom stereocenters. The number of hydrogen-bond acceptors (Lipinski definition) is 2. The minimum Gasteiger partial charge on any atom is -0.249 e. The molecule has 0 saturated heterocycles. The molecule has 0 aliphatic carbocycles. The monoisotopic (exact) mass is 112 g/mol. The molecule has 0 aromatic rings. The van der Waals surface area contributed by atoms with Gasteiger partial charge in [-0.15, -0.1) is 0 Å². The van der Waals surface area contributed by atoms with Crippen LogP contribution in [0.15, 0.2) is 0 Å². The second kappa shape index (κ2) is 6.86. The van der Waals surface area contributed by atoms with Gasteiger partial charge >= 0.3 is 12.1 Å². The molecule has 2 nitrogen and oxygen atoms in total. The van der Waals surface area contributed by atoms with Crippen LogP contribution in [0.4, 0.5) is 8.78 Å². The number of hydrogen-bond donors (Lipinski definition) is 0. The Balaban J connectivity index is -0.000000125. The zero-order valence-electron chi connectivity index (χ0n) is 4.15. The van der Waals surface area contributed by atoms with Gasteiger partial charge in [-0.1, -0.05) is 0 Å². The predicted molar refractivity (Wildman–Crippen MR) is 23.7 cm³/mol. The third-order valence-electron chi connectivity index (χ3n) is 0.155. The Hall–Kier alpha value is -0.138. The summed E-state index contributed by atoms with van der Waals surface area (Å²) in [6.45, 7) is 0. The molecular formula is C2BF2LiO2. The molecule has 0 bridgehead atoms. The van der Waals surface area contributed by atoms with Crippen molar-refractivity contribution in [3.05, 3.63) is 0 Å². The van der Waals surface area contributed by atoms with Gasteiger partial charge in [-0.25, -0.2) is 9.59 Å². The Morgan fingerprint density at radius 3 is 1.12 bits per heavy atom. The van der Waals surface area contributed by atoms with E-state index in [1.165, 1.54) is 0 Å². The molecule has 0 aliphatic rings. The molecule has 0 aromatic carbocycles. The summed E-state index contributed by atoms with van der Waals surface area (Å²) in [5, 5.41) is 0. The SMILES string of the molecule is O=C(F)C(=O)F.[B].[Li]. The fraction of sp³-hybridized carbons (Fsp3) is 0.